The number of hydrogen-bond donors (Lipinski definition) is 2. The van der Waals surface area contributed by atoms with Crippen molar-refractivity contribution in [3.8, 4) is 35.2 Å². The van der Waals surface area contributed by atoms with E-state index in [0.29, 0.717) is 0 Å². The van der Waals surface area contributed by atoms with Crippen molar-refractivity contribution in [1.29, 1.82) is 0 Å². The summed E-state index contributed by atoms with van der Waals surface area (Å²) in [5.74, 6) is 8.71. The second kappa shape index (κ2) is 13.0. The van der Waals surface area contributed by atoms with Crippen LogP contribution in [0.3, 0.4) is 0 Å². The molecule has 8 heteroatoms. The van der Waals surface area contributed by atoms with Crippen LogP contribution >= 0.6 is 0 Å². The predicted octanol–water partition coefficient (Wildman–Crippen LogP) is 0.789. The Hall–Kier alpha value is -3.20. The molecule has 28 heavy (non-hydrogen) atoms. The first kappa shape index (κ1) is 22.8. The average Bonchev–Trinajstić information content (AvgIpc) is 2.69. The summed E-state index contributed by atoms with van der Waals surface area (Å²) in [7, 11) is 0. The molecule has 0 aliphatic heterocycles. The van der Waals surface area contributed by atoms with Gasteiger partial charge in [0.1, 0.15) is 49.1 Å². The molecular weight excluding hydrogens is 368 g/mol. The van der Waals surface area contributed by atoms with E-state index in [-0.39, 0.29) is 62.3 Å². The molecule has 0 radical (unpaired) electrons. The minimum atomic E-state index is -0.672. The number of benzene rings is 1. The number of esters is 2. The molecule has 150 valence electrons. The van der Waals surface area contributed by atoms with Crippen LogP contribution in [0.1, 0.15) is 34.6 Å². The molecule has 0 atom stereocenters. The molecule has 0 spiro atoms. The van der Waals surface area contributed by atoms with Gasteiger partial charge in [-0.3, -0.25) is 0 Å². The minimum absolute atomic E-state index is 0.0332. The van der Waals surface area contributed by atoms with E-state index in [1.54, 1.807) is 13.8 Å². The minimum Gasteiger partial charge on any atom is -0.480 e. The number of carbonyl (C=O) groups is 2. The fourth-order valence-corrected chi connectivity index (χ4v) is 1.98. The Labute approximate surface area is 163 Å². The lowest BCUT2D eigenvalue weighted by atomic mass is 10.1. The van der Waals surface area contributed by atoms with Gasteiger partial charge in [0.2, 0.25) is 0 Å². The number of carbonyl (C=O) groups excluding carboxylic acids is 2. The fraction of sp³-hybridized carbons (Fsp3) is 0.400. The van der Waals surface area contributed by atoms with Crippen LogP contribution in [-0.4, -0.2) is 61.8 Å². The standard InChI is InChI=1S/C20H22O8/c1-3-25-19(23)15-13-18(28-12-8-6-10-22)16(20(24)26-4-2)14-17(15)27-11-7-5-9-21/h13-14,21-22H,3-4,9-12H2,1-2H3. The maximum Gasteiger partial charge on any atom is 0.342 e. The first-order chi connectivity index (χ1) is 13.6. The van der Waals surface area contributed by atoms with Crippen molar-refractivity contribution in [2.75, 3.05) is 39.6 Å². The smallest absolute Gasteiger partial charge is 0.342 e. The lowest BCUT2D eigenvalue weighted by molar-refractivity contribution is 0.0504. The van der Waals surface area contributed by atoms with Crippen LogP contribution in [-0.2, 0) is 9.47 Å². The van der Waals surface area contributed by atoms with Gasteiger partial charge in [-0.05, 0) is 26.0 Å². The Morgan fingerprint density at radius 2 is 1.18 bits per heavy atom. The Morgan fingerprint density at radius 3 is 1.50 bits per heavy atom. The van der Waals surface area contributed by atoms with E-state index in [1.165, 1.54) is 12.1 Å². The zero-order valence-electron chi connectivity index (χ0n) is 15.7. The number of aliphatic hydroxyl groups excluding tert-OH is 2. The summed E-state index contributed by atoms with van der Waals surface area (Å²) in [6, 6.07) is 2.61. The quantitative estimate of drug-likeness (QED) is 0.495. The highest BCUT2D eigenvalue weighted by molar-refractivity contribution is 5.98. The molecule has 0 aliphatic carbocycles. The molecule has 1 aromatic rings. The molecule has 0 amide bonds. The largest absolute Gasteiger partial charge is 0.480 e. The third-order valence-electron chi connectivity index (χ3n) is 3.08. The second-order valence-electron chi connectivity index (χ2n) is 4.89. The first-order valence-electron chi connectivity index (χ1n) is 8.50. The van der Waals surface area contributed by atoms with Gasteiger partial charge in [-0.15, -0.1) is 0 Å². The molecule has 1 aromatic carbocycles. The fourth-order valence-electron chi connectivity index (χ4n) is 1.98. The van der Waals surface area contributed by atoms with Crippen LogP contribution in [0.2, 0.25) is 0 Å². The number of aliphatic hydroxyl groups is 2. The summed E-state index contributed by atoms with van der Waals surface area (Å²) in [4.78, 5) is 24.6. The molecule has 0 bridgehead atoms. The molecule has 0 saturated carbocycles. The highest BCUT2D eigenvalue weighted by Crippen LogP contribution is 2.30. The molecule has 8 nitrogen and oxygen atoms in total. The van der Waals surface area contributed by atoms with Crippen LogP contribution in [0.4, 0.5) is 0 Å². The highest BCUT2D eigenvalue weighted by Gasteiger charge is 2.23. The maximum absolute atomic E-state index is 12.3. The van der Waals surface area contributed by atoms with Crippen LogP contribution in [0.5, 0.6) is 11.5 Å². The van der Waals surface area contributed by atoms with Gasteiger partial charge in [-0.25, -0.2) is 9.59 Å². The number of rotatable bonds is 8. The van der Waals surface area contributed by atoms with Crippen molar-refractivity contribution < 1.29 is 38.7 Å². The van der Waals surface area contributed by atoms with Gasteiger partial charge in [-0.1, -0.05) is 23.7 Å². The lowest BCUT2D eigenvalue weighted by Crippen LogP contribution is -2.13. The molecule has 1 rings (SSSR count). The van der Waals surface area contributed by atoms with E-state index in [1.807, 2.05) is 0 Å². The summed E-state index contributed by atoms with van der Waals surface area (Å²) >= 11 is 0. The summed E-state index contributed by atoms with van der Waals surface area (Å²) in [6.45, 7) is 2.70. The van der Waals surface area contributed by atoms with Gasteiger partial charge in [0.25, 0.3) is 0 Å². The molecule has 0 heterocycles. The molecular formula is C20H22O8. The molecule has 0 aromatic heterocycles. The molecule has 0 fully saturated rings. The van der Waals surface area contributed by atoms with E-state index >= 15 is 0 Å². The second-order valence-corrected chi connectivity index (χ2v) is 4.89. The summed E-state index contributed by atoms with van der Waals surface area (Å²) in [5.41, 5.74) is 0.0663. The summed E-state index contributed by atoms with van der Waals surface area (Å²) in [5, 5.41) is 17.4. The third kappa shape index (κ3) is 7.20. The van der Waals surface area contributed by atoms with Gasteiger partial charge in [0.05, 0.1) is 13.2 Å². The Kier molecular flexibility index (Phi) is 10.6. The number of ether oxygens (including phenoxy) is 4. The van der Waals surface area contributed by atoms with Crippen molar-refractivity contribution in [3.63, 3.8) is 0 Å². The van der Waals surface area contributed by atoms with Gasteiger partial charge < -0.3 is 29.2 Å². The zero-order chi connectivity index (χ0) is 20.8. The van der Waals surface area contributed by atoms with Crippen molar-refractivity contribution in [1.82, 2.24) is 0 Å². The topological polar surface area (TPSA) is 112 Å². The van der Waals surface area contributed by atoms with Gasteiger partial charge in [0, 0.05) is 0 Å². The van der Waals surface area contributed by atoms with E-state index in [0.717, 1.165) is 0 Å². The van der Waals surface area contributed by atoms with Crippen LogP contribution in [0.25, 0.3) is 0 Å². The van der Waals surface area contributed by atoms with Gasteiger partial charge in [0.15, 0.2) is 0 Å². The van der Waals surface area contributed by atoms with Crippen molar-refractivity contribution in [2.24, 2.45) is 0 Å². The predicted molar refractivity (Wildman–Crippen MR) is 99.1 cm³/mol. The Bertz CT molecular complexity index is 724. The van der Waals surface area contributed by atoms with Crippen molar-refractivity contribution in [3.05, 3.63) is 23.3 Å². The SMILES string of the molecule is CCOC(=O)c1cc(OCC#CCO)c(C(=O)OCC)cc1OCC#CCO. The normalized spacial score (nSPS) is 9.29. The lowest BCUT2D eigenvalue weighted by Gasteiger charge is -2.15. The Morgan fingerprint density at radius 1 is 0.786 bits per heavy atom. The van der Waals surface area contributed by atoms with E-state index < -0.39 is 11.9 Å². The molecule has 0 saturated heterocycles. The van der Waals surface area contributed by atoms with Gasteiger partial charge >= 0.3 is 11.9 Å². The van der Waals surface area contributed by atoms with E-state index in [9.17, 15) is 9.59 Å². The number of hydrogen-bond acceptors (Lipinski definition) is 8. The summed E-state index contributed by atoms with van der Waals surface area (Å²) < 4.78 is 21.0. The third-order valence-corrected chi connectivity index (χ3v) is 3.08. The van der Waals surface area contributed by atoms with Crippen LogP contribution < -0.4 is 9.47 Å². The zero-order valence-corrected chi connectivity index (χ0v) is 15.7. The maximum atomic E-state index is 12.3. The van der Waals surface area contributed by atoms with Crippen molar-refractivity contribution in [2.45, 2.75) is 13.8 Å². The van der Waals surface area contributed by atoms with Crippen LogP contribution in [0.15, 0.2) is 12.1 Å². The van der Waals surface area contributed by atoms with Gasteiger partial charge in [-0.2, -0.15) is 0 Å². The monoisotopic (exact) mass is 390 g/mol. The molecule has 0 unspecified atom stereocenters. The molecule has 2 N–H and O–H groups in total. The highest BCUT2D eigenvalue weighted by atomic mass is 16.5. The van der Waals surface area contributed by atoms with Crippen molar-refractivity contribution >= 4 is 11.9 Å². The summed E-state index contributed by atoms with van der Waals surface area (Å²) in [6.07, 6.45) is 0. The first-order valence-corrected chi connectivity index (χ1v) is 8.50. The molecule has 0 aliphatic rings. The Balaban J connectivity index is 3.35. The van der Waals surface area contributed by atoms with Crippen LogP contribution in [0, 0.1) is 23.7 Å². The van der Waals surface area contributed by atoms with E-state index in [4.69, 9.17) is 29.2 Å². The van der Waals surface area contributed by atoms with E-state index in [2.05, 4.69) is 23.7 Å². The average molecular weight is 390 g/mol.